The topological polar surface area (TPSA) is 106 Å². The molecule has 3 heterocycles. The molecule has 208 valence electrons. The average Bonchev–Trinajstić information content (AvgIpc) is 2.94. The van der Waals surface area contributed by atoms with Crippen molar-refractivity contribution >= 4 is 23.7 Å². The number of benzene rings is 1. The molecule has 0 aliphatic rings. The molecule has 8 nitrogen and oxygen atoms in total. The SMILES string of the molecule is CC=O.CCOc1ncc(-c2cc(NC(=O)c3ccnc(C(F)(F)F)c3)ccc2C)cc1-c1ccnc(NC)c1. The van der Waals surface area contributed by atoms with Crippen molar-refractivity contribution in [3.8, 4) is 28.1 Å². The minimum Gasteiger partial charge on any atom is -0.478 e. The molecule has 1 aromatic carbocycles. The number of hydrogen-bond acceptors (Lipinski definition) is 7. The van der Waals surface area contributed by atoms with E-state index in [1.54, 1.807) is 31.6 Å². The summed E-state index contributed by atoms with van der Waals surface area (Å²) < 4.78 is 44.8. The van der Waals surface area contributed by atoms with Gasteiger partial charge in [0, 0.05) is 48.0 Å². The van der Waals surface area contributed by atoms with Gasteiger partial charge < -0.3 is 20.2 Å². The van der Waals surface area contributed by atoms with Gasteiger partial charge in [-0.05, 0) is 79.9 Å². The summed E-state index contributed by atoms with van der Waals surface area (Å²) in [4.78, 5) is 33.6. The zero-order valence-electron chi connectivity index (χ0n) is 22.3. The molecule has 0 atom stereocenters. The van der Waals surface area contributed by atoms with Crippen LogP contribution < -0.4 is 15.4 Å². The molecule has 11 heteroatoms. The number of hydrogen-bond donors (Lipinski definition) is 2. The number of halogens is 3. The van der Waals surface area contributed by atoms with E-state index in [0.29, 0.717) is 24.0 Å². The highest BCUT2D eigenvalue weighted by molar-refractivity contribution is 6.04. The van der Waals surface area contributed by atoms with Crippen molar-refractivity contribution in [1.82, 2.24) is 15.0 Å². The molecule has 1 amide bonds. The molecule has 0 radical (unpaired) electrons. The number of carbonyl (C=O) groups excluding carboxylic acids is 2. The van der Waals surface area contributed by atoms with Crippen molar-refractivity contribution in [2.24, 2.45) is 0 Å². The Balaban J connectivity index is 0.00000141. The molecule has 0 fully saturated rings. The zero-order chi connectivity index (χ0) is 29.3. The number of pyridine rings is 3. The van der Waals surface area contributed by atoms with Crippen molar-refractivity contribution in [1.29, 1.82) is 0 Å². The summed E-state index contributed by atoms with van der Waals surface area (Å²) >= 11 is 0. The third-order valence-corrected chi connectivity index (χ3v) is 5.58. The second-order valence-corrected chi connectivity index (χ2v) is 8.34. The van der Waals surface area contributed by atoms with Crippen LogP contribution in [0.25, 0.3) is 22.3 Å². The highest BCUT2D eigenvalue weighted by Crippen LogP contribution is 2.35. The molecule has 4 rings (SSSR count). The molecular weight excluding hydrogens is 523 g/mol. The Morgan fingerprint density at radius 3 is 2.38 bits per heavy atom. The predicted octanol–water partition coefficient (Wildman–Crippen LogP) is 6.43. The molecule has 0 aliphatic heterocycles. The Kier molecular flexibility index (Phi) is 9.91. The number of alkyl halides is 3. The first-order valence-electron chi connectivity index (χ1n) is 12.2. The normalized spacial score (nSPS) is 10.7. The average molecular weight is 552 g/mol. The maximum absolute atomic E-state index is 13.0. The maximum Gasteiger partial charge on any atom is 0.433 e. The van der Waals surface area contributed by atoms with E-state index >= 15 is 0 Å². The second-order valence-electron chi connectivity index (χ2n) is 8.34. The van der Waals surface area contributed by atoms with Crippen LogP contribution in [0.1, 0.15) is 35.5 Å². The molecule has 0 saturated carbocycles. The molecule has 0 saturated heterocycles. The minimum absolute atomic E-state index is 0.146. The molecule has 0 spiro atoms. The summed E-state index contributed by atoms with van der Waals surface area (Å²) in [5, 5.41) is 5.69. The smallest absolute Gasteiger partial charge is 0.433 e. The molecular formula is C29H28F3N5O3. The third-order valence-electron chi connectivity index (χ3n) is 5.58. The van der Waals surface area contributed by atoms with E-state index in [-0.39, 0.29) is 5.56 Å². The Bertz CT molecular complexity index is 1490. The van der Waals surface area contributed by atoms with E-state index in [9.17, 15) is 18.0 Å². The number of aromatic nitrogens is 3. The van der Waals surface area contributed by atoms with Gasteiger partial charge in [0.25, 0.3) is 5.91 Å². The third kappa shape index (κ3) is 7.40. The molecule has 2 N–H and O–H groups in total. The van der Waals surface area contributed by atoms with Crippen molar-refractivity contribution in [3.05, 3.63) is 83.9 Å². The Morgan fingerprint density at radius 1 is 0.975 bits per heavy atom. The number of aldehydes is 1. The number of nitrogens with zero attached hydrogens (tertiary/aromatic N) is 3. The number of nitrogens with one attached hydrogen (secondary N) is 2. The van der Waals surface area contributed by atoms with Crippen LogP contribution in [0.4, 0.5) is 24.7 Å². The van der Waals surface area contributed by atoms with Crippen LogP contribution in [-0.2, 0) is 11.0 Å². The fraction of sp³-hybridized carbons (Fsp3) is 0.207. The Morgan fingerprint density at radius 2 is 1.70 bits per heavy atom. The van der Waals surface area contributed by atoms with Gasteiger partial charge in [-0.15, -0.1) is 0 Å². The minimum atomic E-state index is -4.64. The number of carbonyl (C=O) groups is 2. The fourth-order valence-corrected chi connectivity index (χ4v) is 3.73. The van der Waals surface area contributed by atoms with Crippen LogP contribution in [0.3, 0.4) is 0 Å². The molecule has 4 aromatic rings. The number of anilines is 2. The lowest BCUT2D eigenvalue weighted by Gasteiger charge is -2.15. The van der Waals surface area contributed by atoms with Gasteiger partial charge in [-0.25, -0.2) is 9.97 Å². The van der Waals surface area contributed by atoms with Gasteiger partial charge >= 0.3 is 6.18 Å². The number of ether oxygens (including phenoxy) is 1. The van der Waals surface area contributed by atoms with Crippen molar-refractivity contribution in [2.75, 3.05) is 24.3 Å². The van der Waals surface area contributed by atoms with Gasteiger partial charge in [0.2, 0.25) is 5.88 Å². The van der Waals surface area contributed by atoms with E-state index in [0.717, 1.165) is 46.4 Å². The second kappa shape index (κ2) is 13.3. The lowest BCUT2D eigenvalue weighted by Crippen LogP contribution is -2.15. The molecule has 0 unspecified atom stereocenters. The lowest BCUT2D eigenvalue weighted by atomic mass is 9.98. The van der Waals surface area contributed by atoms with E-state index < -0.39 is 17.8 Å². The predicted molar refractivity (Wildman–Crippen MR) is 147 cm³/mol. The standard InChI is InChI=1S/C27H24F3N5O2.C2H4O/c1-4-37-26-22(17-7-10-33-24(13-17)31-3)11-19(15-34-26)21-14-20(6-5-16(21)2)35-25(36)18-8-9-32-23(12-18)27(28,29)30;1-2-3/h5-15H,4H2,1-3H3,(H,31,33)(H,35,36);2H,1H3. The van der Waals surface area contributed by atoms with Gasteiger partial charge in [-0.3, -0.25) is 9.78 Å². The summed E-state index contributed by atoms with van der Waals surface area (Å²) in [6, 6.07) is 12.9. The van der Waals surface area contributed by atoms with Crippen molar-refractivity contribution in [2.45, 2.75) is 26.9 Å². The van der Waals surface area contributed by atoms with Crippen LogP contribution in [0, 0.1) is 6.92 Å². The monoisotopic (exact) mass is 551 g/mol. The van der Waals surface area contributed by atoms with E-state index in [1.165, 1.54) is 13.0 Å². The molecule has 0 aliphatic carbocycles. The van der Waals surface area contributed by atoms with Crippen LogP contribution in [0.2, 0.25) is 0 Å². The number of amides is 1. The number of aryl methyl sites for hydroxylation is 1. The first kappa shape index (κ1) is 29.8. The van der Waals surface area contributed by atoms with Gasteiger partial charge in [-0.2, -0.15) is 13.2 Å². The molecule has 0 bridgehead atoms. The largest absolute Gasteiger partial charge is 0.478 e. The van der Waals surface area contributed by atoms with Gasteiger partial charge in [0.1, 0.15) is 17.8 Å². The van der Waals surface area contributed by atoms with Crippen LogP contribution in [0.5, 0.6) is 5.88 Å². The molecule has 40 heavy (non-hydrogen) atoms. The van der Waals surface area contributed by atoms with Crippen LogP contribution in [-0.4, -0.2) is 40.8 Å². The van der Waals surface area contributed by atoms with Gasteiger partial charge in [-0.1, -0.05) is 6.07 Å². The Hall–Kier alpha value is -4.80. The van der Waals surface area contributed by atoms with Crippen molar-refractivity contribution < 1.29 is 27.5 Å². The van der Waals surface area contributed by atoms with Gasteiger partial charge in [0.15, 0.2) is 0 Å². The fourth-order valence-electron chi connectivity index (χ4n) is 3.73. The summed E-state index contributed by atoms with van der Waals surface area (Å²) in [6.45, 7) is 5.68. The summed E-state index contributed by atoms with van der Waals surface area (Å²) in [6.07, 6.45) is 0.438. The van der Waals surface area contributed by atoms with E-state index in [2.05, 4.69) is 25.6 Å². The van der Waals surface area contributed by atoms with Crippen LogP contribution in [0.15, 0.2) is 67.1 Å². The Labute approximate surface area is 229 Å². The highest BCUT2D eigenvalue weighted by Gasteiger charge is 2.33. The first-order valence-corrected chi connectivity index (χ1v) is 12.2. The van der Waals surface area contributed by atoms with Crippen LogP contribution >= 0.6 is 0 Å². The quantitative estimate of drug-likeness (QED) is 0.255. The summed E-state index contributed by atoms with van der Waals surface area (Å²) in [7, 11) is 1.78. The zero-order valence-corrected chi connectivity index (χ0v) is 22.3. The lowest BCUT2D eigenvalue weighted by molar-refractivity contribution is -0.141. The van der Waals surface area contributed by atoms with Gasteiger partial charge in [0.05, 0.1) is 6.61 Å². The maximum atomic E-state index is 13.0. The summed E-state index contributed by atoms with van der Waals surface area (Å²) in [5.74, 6) is 0.486. The van der Waals surface area contributed by atoms with E-state index in [1.807, 2.05) is 38.1 Å². The first-order chi connectivity index (χ1) is 19.1. The van der Waals surface area contributed by atoms with E-state index in [4.69, 9.17) is 9.53 Å². The van der Waals surface area contributed by atoms with Crippen molar-refractivity contribution in [3.63, 3.8) is 0 Å². The highest BCUT2D eigenvalue weighted by atomic mass is 19.4. The number of rotatable bonds is 7. The molecule has 3 aromatic heterocycles. The summed E-state index contributed by atoms with van der Waals surface area (Å²) in [5.41, 5.74) is 3.27.